The molecular weight excluding hydrogens is 222 g/mol. The van der Waals surface area contributed by atoms with E-state index >= 15 is 0 Å². The first kappa shape index (κ1) is 10.3. The molecule has 1 aromatic rings. The maximum Gasteiger partial charge on any atom is 0.160 e. The summed E-state index contributed by atoms with van der Waals surface area (Å²) < 4.78 is 5.78. The maximum absolute atomic E-state index is 10.7. The summed E-state index contributed by atoms with van der Waals surface area (Å²) in [6, 6.07) is 4.51. The number of nitrogens with zero attached hydrogens (tertiary/aromatic N) is 1. The van der Waals surface area contributed by atoms with Crippen LogP contribution in [0.2, 0.25) is 0 Å². The van der Waals surface area contributed by atoms with Gasteiger partial charge in [0.25, 0.3) is 0 Å². The molecule has 16 heavy (non-hydrogen) atoms. The Hall–Kier alpha value is -0.870. The number of thiophene rings is 1. The molecule has 1 aliphatic heterocycles. The first-order chi connectivity index (χ1) is 7.88. The van der Waals surface area contributed by atoms with E-state index in [0.29, 0.717) is 12.1 Å². The first-order valence-corrected chi connectivity index (χ1v) is 6.63. The minimum absolute atomic E-state index is 0.413. The standard InChI is InChI=1S/C12H15NO2S/c14-8-9-4-5-12(16-9)13-6-7-15-11-3-1-2-10(11)13/h4-5,8,10-11H,1-3,6-7H2. The van der Waals surface area contributed by atoms with Crippen LogP contribution in [0.5, 0.6) is 0 Å². The van der Waals surface area contributed by atoms with Gasteiger partial charge >= 0.3 is 0 Å². The molecule has 2 heterocycles. The fraction of sp³-hybridized carbons (Fsp3) is 0.583. The first-order valence-electron chi connectivity index (χ1n) is 5.82. The number of rotatable bonds is 2. The lowest BCUT2D eigenvalue weighted by atomic mass is 10.1. The number of aldehydes is 1. The number of fused-ring (bicyclic) bond motifs is 1. The van der Waals surface area contributed by atoms with Gasteiger partial charge in [0, 0.05) is 6.54 Å². The molecule has 0 radical (unpaired) electrons. The molecule has 0 amide bonds. The summed E-state index contributed by atoms with van der Waals surface area (Å²) in [6.07, 6.45) is 5.01. The van der Waals surface area contributed by atoms with Crippen LogP contribution in [0.25, 0.3) is 0 Å². The SMILES string of the molecule is O=Cc1ccc(N2CCOC3CCCC32)s1. The van der Waals surface area contributed by atoms with E-state index in [1.54, 1.807) is 11.3 Å². The lowest BCUT2D eigenvalue weighted by molar-refractivity contribution is 0.0259. The molecule has 2 atom stereocenters. The van der Waals surface area contributed by atoms with E-state index < -0.39 is 0 Å². The molecule has 1 aromatic heterocycles. The van der Waals surface area contributed by atoms with Gasteiger partial charge in [0.15, 0.2) is 6.29 Å². The van der Waals surface area contributed by atoms with Crippen LogP contribution in [0.1, 0.15) is 28.9 Å². The van der Waals surface area contributed by atoms with E-state index in [2.05, 4.69) is 11.0 Å². The fourth-order valence-corrected chi connectivity index (χ4v) is 3.66. The molecule has 2 unspecified atom stereocenters. The molecule has 0 N–H and O–H groups in total. The van der Waals surface area contributed by atoms with Crippen molar-refractivity contribution in [2.75, 3.05) is 18.1 Å². The Morgan fingerprint density at radius 3 is 3.19 bits per heavy atom. The van der Waals surface area contributed by atoms with E-state index in [4.69, 9.17) is 4.74 Å². The van der Waals surface area contributed by atoms with Crippen LogP contribution in [0.15, 0.2) is 12.1 Å². The highest BCUT2D eigenvalue weighted by Crippen LogP contribution is 2.35. The van der Waals surface area contributed by atoms with Crippen molar-refractivity contribution < 1.29 is 9.53 Å². The summed E-state index contributed by atoms with van der Waals surface area (Å²) in [7, 11) is 0. The highest BCUT2D eigenvalue weighted by molar-refractivity contribution is 7.17. The topological polar surface area (TPSA) is 29.5 Å². The summed E-state index contributed by atoms with van der Waals surface area (Å²) in [4.78, 5) is 13.9. The van der Waals surface area contributed by atoms with Crippen molar-refractivity contribution in [1.29, 1.82) is 0 Å². The molecule has 1 saturated heterocycles. The third-order valence-electron chi connectivity index (χ3n) is 3.49. The van der Waals surface area contributed by atoms with E-state index in [0.717, 1.165) is 24.3 Å². The normalized spacial score (nSPS) is 29.1. The van der Waals surface area contributed by atoms with E-state index in [-0.39, 0.29) is 0 Å². The Morgan fingerprint density at radius 1 is 1.44 bits per heavy atom. The Morgan fingerprint density at radius 2 is 2.38 bits per heavy atom. The van der Waals surface area contributed by atoms with Crippen molar-refractivity contribution >= 4 is 22.6 Å². The molecule has 0 bridgehead atoms. The smallest absolute Gasteiger partial charge is 0.160 e. The maximum atomic E-state index is 10.7. The molecule has 0 aromatic carbocycles. The van der Waals surface area contributed by atoms with Gasteiger partial charge in [-0.15, -0.1) is 11.3 Å². The summed E-state index contributed by atoms with van der Waals surface area (Å²) in [5.74, 6) is 0. The number of carbonyl (C=O) groups is 1. The van der Waals surface area contributed by atoms with Crippen LogP contribution in [0.3, 0.4) is 0 Å². The van der Waals surface area contributed by atoms with E-state index in [1.165, 1.54) is 24.3 Å². The largest absolute Gasteiger partial charge is 0.374 e. The predicted molar refractivity (Wildman–Crippen MR) is 64.4 cm³/mol. The van der Waals surface area contributed by atoms with Crippen LogP contribution in [0, 0.1) is 0 Å². The fourth-order valence-electron chi connectivity index (χ4n) is 2.76. The van der Waals surface area contributed by atoms with Crippen molar-refractivity contribution in [2.45, 2.75) is 31.4 Å². The summed E-state index contributed by atoms with van der Waals surface area (Å²) in [5.41, 5.74) is 0. The molecule has 3 nitrogen and oxygen atoms in total. The number of hydrogen-bond donors (Lipinski definition) is 0. The third kappa shape index (κ3) is 1.66. The molecule has 4 heteroatoms. The second-order valence-corrected chi connectivity index (χ2v) is 5.49. The van der Waals surface area contributed by atoms with E-state index in [9.17, 15) is 4.79 Å². The van der Waals surface area contributed by atoms with Crippen molar-refractivity contribution in [1.82, 2.24) is 0 Å². The third-order valence-corrected chi connectivity index (χ3v) is 4.54. The molecule has 0 spiro atoms. The Bertz CT molecular complexity index is 390. The quantitative estimate of drug-likeness (QED) is 0.739. The molecule has 86 valence electrons. The number of ether oxygens (including phenoxy) is 1. The van der Waals surface area contributed by atoms with Gasteiger partial charge in [-0.3, -0.25) is 4.79 Å². The molecule has 2 fully saturated rings. The second-order valence-electron chi connectivity index (χ2n) is 4.39. The highest BCUT2D eigenvalue weighted by Gasteiger charge is 2.36. The van der Waals surface area contributed by atoms with Gasteiger partial charge in [-0.25, -0.2) is 0 Å². The average Bonchev–Trinajstić information content (AvgIpc) is 2.97. The van der Waals surface area contributed by atoms with Crippen molar-refractivity contribution in [2.24, 2.45) is 0 Å². The Balaban J connectivity index is 1.84. The molecule has 2 aliphatic rings. The zero-order chi connectivity index (χ0) is 11.0. The highest BCUT2D eigenvalue weighted by atomic mass is 32.1. The van der Waals surface area contributed by atoms with Gasteiger partial charge in [-0.1, -0.05) is 0 Å². The van der Waals surface area contributed by atoms with E-state index in [1.807, 2.05) is 6.07 Å². The van der Waals surface area contributed by atoms with Crippen molar-refractivity contribution in [3.8, 4) is 0 Å². The van der Waals surface area contributed by atoms with Crippen LogP contribution < -0.4 is 4.90 Å². The summed E-state index contributed by atoms with van der Waals surface area (Å²) in [5, 5.41) is 1.22. The zero-order valence-corrected chi connectivity index (χ0v) is 9.91. The van der Waals surface area contributed by atoms with Gasteiger partial charge in [-0.05, 0) is 31.4 Å². The van der Waals surface area contributed by atoms with Gasteiger partial charge in [0.2, 0.25) is 0 Å². The number of hydrogen-bond acceptors (Lipinski definition) is 4. The number of carbonyl (C=O) groups excluding carboxylic acids is 1. The lowest BCUT2D eigenvalue weighted by Crippen LogP contribution is -2.48. The van der Waals surface area contributed by atoms with Gasteiger partial charge in [-0.2, -0.15) is 0 Å². The summed E-state index contributed by atoms with van der Waals surface area (Å²) >= 11 is 1.59. The minimum Gasteiger partial charge on any atom is -0.374 e. The van der Waals surface area contributed by atoms with Crippen LogP contribution in [-0.2, 0) is 4.74 Å². The van der Waals surface area contributed by atoms with Gasteiger partial charge in [0.1, 0.15) is 0 Å². The Kier molecular flexibility index (Phi) is 2.69. The summed E-state index contributed by atoms with van der Waals surface area (Å²) in [6.45, 7) is 1.77. The minimum atomic E-state index is 0.413. The zero-order valence-electron chi connectivity index (χ0n) is 9.09. The molecule has 3 rings (SSSR count). The molecule has 1 saturated carbocycles. The lowest BCUT2D eigenvalue weighted by Gasteiger charge is -2.38. The van der Waals surface area contributed by atoms with Crippen LogP contribution >= 0.6 is 11.3 Å². The van der Waals surface area contributed by atoms with Crippen molar-refractivity contribution in [3.63, 3.8) is 0 Å². The van der Waals surface area contributed by atoms with Crippen LogP contribution in [-0.4, -0.2) is 31.6 Å². The monoisotopic (exact) mass is 237 g/mol. The number of anilines is 1. The number of morpholine rings is 1. The Labute approximate surface area is 99.0 Å². The van der Waals surface area contributed by atoms with Gasteiger partial charge < -0.3 is 9.64 Å². The average molecular weight is 237 g/mol. The van der Waals surface area contributed by atoms with Crippen molar-refractivity contribution in [3.05, 3.63) is 17.0 Å². The predicted octanol–water partition coefficient (Wildman–Crippen LogP) is 2.32. The van der Waals surface area contributed by atoms with Crippen LogP contribution in [0.4, 0.5) is 5.00 Å². The van der Waals surface area contributed by atoms with Gasteiger partial charge in [0.05, 0.1) is 28.6 Å². The molecular formula is C12H15NO2S. The second kappa shape index (κ2) is 4.18. The molecule has 1 aliphatic carbocycles.